The molecule has 3 fully saturated rings. The Labute approximate surface area is 314 Å². The second kappa shape index (κ2) is 14.6. The number of alkyl carbamates (subject to hydrolysis) is 1. The molecule has 6 aliphatic rings. The molecule has 1 aromatic rings. The fraction of sp³-hybridized carbons (Fsp3) is 0.649. The number of carbonyl (C=O) groups excluding carboxylic acids is 5. The maximum Gasteiger partial charge on any atom is 0.410 e. The summed E-state index contributed by atoms with van der Waals surface area (Å²) in [5.74, 6) is -1.31. The summed E-state index contributed by atoms with van der Waals surface area (Å²) in [4.78, 5) is 71.6. The molecule has 17 heteroatoms. The van der Waals surface area contributed by atoms with Crippen LogP contribution >= 0.6 is 0 Å². The number of allylic oxidation sites excluding steroid dienone is 1. The zero-order chi connectivity index (χ0) is 38.4. The van der Waals surface area contributed by atoms with Crippen molar-refractivity contribution in [1.82, 2.24) is 25.2 Å². The number of amides is 5. The monoisotopic (exact) mass is 771 g/mol. The van der Waals surface area contributed by atoms with E-state index in [-0.39, 0.29) is 38.9 Å². The number of nitrogens with one attached hydrogen (secondary N) is 3. The molecule has 5 atom stereocenters. The maximum atomic E-state index is 14.4. The minimum atomic E-state index is -3.91. The number of hydrogen-bond acceptors (Lipinski definition) is 11. The van der Waals surface area contributed by atoms with E-state index in [1.165, 1.54) is 9.80 Å². The Hall–Kier alpha value is -4.54. The van der Waals surface area contributed by atoms with E-state index in [2.05, 4.69) is 15.4 Å². The minimum absolute atomic E-state index is 0.0855. The van der Waals surface area contributed by atoms with Crippen molar-refractivity contribution in [2.24, 2.45) is 5.92 Å². The predicted molar refractivity (Wildman–Crippen MR) is 192 cm³/mol. The van der Waals surface area contributed by atoms with Gasteiger partial charge in [-0.05, 0) is 82.6 Å². The van der Waals surface area contributed by atoms with E-state index in [1.54, 1.807) is 20.8 Å². The van der Waals surface area contributed by atoms with E-state index in [0.717, 1.165) is 24.0 Å². The number of benzene rings is 1. The van der Waals surface area contributed by atoms with Gasteiger partial charge in [-0.15, -0.1) is 0 Å². The van der Waals surface area contributed by atoms with Crippen LogP contribution in [0.3, 0.4) is 0 Å². The van der Waals surface area contributed by atoms with E-state index >= 15 is 0 Å². The summed E-state index contributed by atoms with van der Waals surface area (Å²) in [7, 11) is -3.91. The van der Waals surface area contributed by atoms with Crippen LogP contribution in [0.25, 0.3) is 0 Å². The summed E-state index contributed by atoms with van der Waals surface area (Å²) in [6.45, 7) is 6.37. The first kappa shape index (κ1) is 37.8. The van der Waals surface area contributed by atoms with Crippen LogP contribution in [0.15, 0.2) is 24.3 Å². The van der Waals surface area contributed by atoms with Crippen LogP contribution in [0, 0.1) is 5.92 Å². The lowest BCUT2D eigenvalue weighted by Gasteiger charge is -2.30. The molecule has 54 heavy (non-hydrogen) atoms. The third-order valence-corrected chi connectivity index (χ3v) is 12.5. The van der Waals surface area contributed by atoms with Gasteiger partial charge in [-0.25, -0.2) is 18.0 Å². The average Bonchev–Trinajstić information content (AvgIpc) is 3.99. The zero-order valence-electron chi connectivity index (χ0n) is 30.9. The Morgan fingerprint density at radius 2 is 1.67 bits per heavy atom. The Balaban J connectivity index is 1.12. The molecule has 4 heterocycles. The molecule has 5 amide bonds. The molecule has 0 aromatic heterocycles. The number of carbonyl (C=O) groups is 5. The van der Waals surface area contributed by atoms with Crippen molar-refractivity contribution < 1.29 is 51.3 Å². The first-order chi connectivity index (χ1) is 25.6. The summed E-state index contributed by atoms with van der Waals surface area (Å²) >= 11 is 0. The molecule has 3 N–H and O–H groups in total. The first-order valence-corrected chi connectivity index (χ1v) is 20.4. The van der Waals surface area contributed by atoms with Crippen LogP contribution in [-0.2, 0) is 47.0 Å². The smallest absolute Gasteiger partial charge is 0.410 e. The van der Waals surface area contributed by atoms with Gasteiger partial charge in [0, 0.05) is 25.4 Å². The molecule has 0 unspecified atom stereocenters. The lowest BCUT2D eigenvalue weighted by atomic mass is 10.0. The second-order valence-electron chi connectivity index (χ2n) is 16.1. The van der Waals surface area contributed by atoms with Gasteiger partial charge >= 0.3 is 12.2 Å². The Kier molecular flexibility index (Phi) is 10.2. The number of ether oxygens (including phenoxy) is 4. The van der Waals surface area contributed by atoms with Gasteiger partial charge in [0.1, 0.15) is 42.5 Å². The topological polar surface area (TPSA) is 199 Å². The Bertz CT molecular complexity index is 1810. The fourth-order valence-corrected chi connectivity index (χ4v) is 8.94. The van der Waals surface area contributed by atoms with Crippen molar-refractivity contribution in [3.63, 3.8) is 0 Å². The van der Waals surface area contributed by atoms with Gasteiger partial charge in [-0.2, -0.15) is 0 Å². The van der Waals surface area contributed by atoms with E-state index in [1.807, 2.05) is 24.3 Å². The quantitative estimate of drug-likeness (QED) is 0.372. The van der Waals surface area contributed by atoms with Crippen molar-refractivity contribution in [2.75, 3.05) is 19.8 Å². The van der Waals surface area contributed by atoms with Crippen molar-refractivity contribution >= 4 is 39.9 Å². The van der Waals surface area contributed by atoms with Crippen LogP contribution in [-0.4, -0.2) is 102 Å². The fourth-order valence-electron chi connectivity index (χ4n) is 7.58. The van der Waals surface area contributed by atoms with Crippen LogP contribution in [0.5, 0.6) is 11.5 Å². The SMILES string of the molecule is CC(C)(C)OC(=O)N[C@H]1CCCCC/C=C\[C@@H]2C[C@@]2(C(=O)NS(=O)(=O)C2CC2)NC(=O)[C@@H]2C[C@@H](OC(=O)N3Cc4cc5c(cc4C3)OCCO5)CN2C1=O. The van der Waals surface area contributed by atoms with E-state index in [4.69, 9.17) is 18.9 Å². The molecule has 4 aliphatic heterocycles. The van der Waals surface area contributed by atoms with Gasteiger partial charge in [0.2, 0.25) is 21.8 Å². The van der Waals surface area contributed by atoms with Crippen molar-refractivity contribution in [1.29, 1.82) is 0 Å². The predicted octanol–water partition coefficient (Wildman–Crippen LogP) is 2.78. The molecule has 7 rings (SSSR count). The van der Waals surface area contributed by atoms with E-state index in [9.17, 15) is 32.4 Å². The van der Waals surface area contributed by atoms with Crippen molar-refractivity contribution in [3.05, 3.63) is 35.4 Å². The highest BCUT2D eigenvalue weighted by Crippen LogP contribution is 2.46. The molecule has 16 nitrogen and oxygen atoms in total. The molecule has 2 aliphatic carbocycles. The molecule has 294 valence electrons. The number of sulfonamides is 1. The normalized spacial score (nSPS) is 28.9. The zero-order valence-corrected chi connectivity index (χ0v) is 31.7. The van der Waals surface area contributed by atoms with Gasteiger partial charge in [0.15, 0.2) is 11.5 Å². The molecule has 1 aromatic carbocycles. The maximum absolute atomic E-state index is 14.4. The third kappa shape index (κ3) is 8.25. The molecule has 0 radical (unpaired) electrons. The molecule has 0 spiro atoms. The van der Waals surface area contributed by atoms with Crippen molar-refractivity contribution in [2.45, 2.75) is 126 Å². The Morgan fingerprint density at radius 3 is 2.31 bits per heavy atom. The van der Waals surface area contributed by atoms with Crippen LogP contribution in [0.1, 0.15) is 89.7 Å². The number of hydrogen-bond donors (Lipinski definition) is 3. The highest BCUT2D eigenvalue weighted by Gasteiger charge is 2.62. The Morgan fingerprint density at radius 1 is 0.981 bits per heavy atom. The molecular formula is C37H49N5O11S. The average molecular weight is 772 g/mol. The molecule has 0 bridgehead atoms. The van der Waals surface area contributed by atoms with Crippen LogP contribution < -0.4 is 24.8 Å². The van der Waals surface area contributed by atoms with Crippen molar-refractivity contribution in [3.8, 4) is 11.5 Å². The van der Waals surface area contributed by atoms with Gasteiger partial charge in [-0.1, -0.05) is 25.0 Å². The summed E-state index contributed by atoms with van der Waals surface area (Å²) < 4.78 is 50.6. The van der Waals surface area contributed by atoms with Gasteiger partial charge in [0.25, 0.3) is 5.91 Å². The lowest BCUT2D eigenvalue weighted by molar-refractivity contribution is -0.141. The summed E-state index contributed by atoms with van der Waals surface area (Å²) in [5.41, 5.74) is -0.588. The van der Waals surface area contributed by atoms with E-state index in [0.29, 0.717) is 50.4 Å². The highest BCUT2D eigenvalue weighted by atomic mass is 32.2. The van der Waals surface area contributed by atoms with Gasteiger partial charge in [-0.3, -0.25) is 24.0 Å². The number of fused-ring (bicyclic) bond motifs is 4. The summed E-state index contributed by atoms with van der Waals surface area (Å²) in [6.07, 6.45) is 5.48. The summed E-state index contributed by atoms with van der Waals surface area (Å²) in [6, 6.07) is 1.46. The summed E-state index contributed by atoms with van der Waals surface area (Å²) in [5, 5.41) is 4.87. The molecular weight excluding hydrogens is 722 g/mol. The van der Waals surface area contributed by atoms with Crippen LogP contribution in [0.2, 0.25) is 0 Å². The highest BCUT2D eigenvalue weighted by molar-refractivity contribution is 7.91. The largest absolute Gasteiger partial charge is 0.486 e. The van der Waals surface area contributed by atoms with E-state index < -0.39 is 80.4 Å². The van der Waals surface area contributed by atoms with Crippen LogP contribution in [0.4, 0.5) is 9.59 Å². The number of nitrogens with zero attached hydrogens (tertiary/aromatic N) is 2. The molecule has 1 saturated heterocycles. The minimum Gasteiger partial charge on any atom is -0.486 e. The molecule has 2 saturated carbocycles. The standard InChI is InChI=1S/C37H49N5O11S/c1-36(2,3)53-34(46)38-27-10-8-6-4-5-7-9-24-18-37(24,33(45)40-54(48,49)26-11-12-26)39-31(43)28-17-25(21-42(28)32(27)44)52-35(47)41-19-22-15-29-30(16-23(22)20-41)51-14-13-50-29/h7,9,15-16,24-28H,4-6,8,10-14,17-21H2,1-3H3,(H,38,46)(H,39,43)(H,40,45)/b9-7-/t24-,25-,27+,28+,37-/m1/s1. The first-order valence-electron chi connectivity index (χ1n) is 18.8. The third-order valence-electron chi connectivity index (χ3n) is 10.6. The van der Waals surface area contributed by atoms with Gasteiger partial charge < -0.3 is 34.5 Å². The second-order valence-corrected chi connectivity index (χ2v) is 18.0. The van der Waals surface area contributed by atoms with Gasteiger partial charge in [0.05, 0.1) is 11.8 Å². The lowest BCUT2D eigenvalue weighted by Crippen LogP contribution is -2.58. The number of rotatable bonds is 5.